The summed E-state index contributed by atoms with van der Waals surface area (Å²) in [6, 6.07) is 8.48. The molecule has 1 aromatic rings. The Kier molecular flexibility index (Phi) is 4.74. The van der Waals surface area contributed by atoms with Crippen LogP contribution < -0.4 is 5.32 Å². The van der Waals surface area contributed by atoms with Crippen molar-refractivity contribution >= 4 is 11.9 Å². The van der Waals surface area contributed by atoms with E-state index < -0.39 is 12.0 Å². The molecule has 1 aliphatic rings. The maximum Gasteiger partial charge on any atom is 0.326 e. The SMILES string of the molecule is CN1CCC(C(=O)N[C@H](Cc2ccccc2)C(=O)O)C1. The number of aliphatic carboxylic acids is 1. The van der Waals surface area contributed by atoms with Gasteiger partial charge < -0.3 is 15.3 Å². The number of carbonyl (C=O) groups is 2. The zero-order valence-corrected chi connectivity index (χ0v) is 11.6. The first kappa shape index (κ1) is 14.5. The van der Waals surface area contributed by atoms with Crippen molar-refractivity contribution in [3.63, 3.8) is 0 Å². The molecule has 108 valence electrons. The number of carboxylic acid groups (broad SMARTS) is 1. The summed E-state index contributed by atoms with van der Waals surface area (Å²) >= 11 is 0. The summed E-state index contributed by atoms with van der Waals surface area (Å²) in [4.78, 5) is 25.5. The molecule has 2 N–H and O–H groups in total. The average Bonchev–Trinajstić information content (AvgIpc) is 2.86. The standard InChI is InChI=1S/C15H20N2O3/c1-17-8-7-12(10-17)14(18)16-13(15(19)20)9-11-5-3-2-4-6-11/h2-6,12-13H,7-10H2,1H3,(H,16,18)(H,19,20)/t12?,13-/m1/s1. The molecule has 2 atom stereocenters. The number of carboxylic acids is 1. The zero-order chi connectivity index (χ0) is 14.5. The maximum absolute atomic E-state index is 12.1. The molecule has 0 aliphatic carbocycles. The van der Waals surface area contributed by atoms with Gasteiger partial charge in [0, 0.05) is 13.0 Å². The summed E-state index contributed by atoms with van der Waals surface area (Å²) in [5, 5.41) is 11.9. The summed E-state index contributed by atoms with van der Waals surface area (Å²) in [7, 11) is 1.96. The molecule has 2 rings (SSSR count). The fraction of sp³-hybridized carbons (Fsp3) is 0.467. The van der Waals surface area contributed by atoms with Crippen LogP contribution in [-0.4, -0.2) is 48.1 Å². The van der Waals surface area contributed by atoms with E-state index in [1.165, 1.54) is 0 Å². The Morgan fingerprint density at radius 1 is 1.40 bits per heavy atom. The van der Waals surface area contributed by atoms with Gasteiger partial charge in [0.2, 0.25) is 5.91 Å². The maximum atomic E-state index is 12.1. The molecule has 0 spiro atoms. The lowest BCUT2D eigenvalue weighted by atomic mass is 10.0. The number of hydrogen-bond acceptors (Lipinski definition) is 3. The van der Waals surface area contributed by atoms with Gasteiger partial charge in [0.15, 0.2) is 0 Å². The van der Waals surface area contributed by atoms with Crippen molar-refractivity contribution in [2.75, 3.05) is 20.1 Å². The van der Waals surface area contributed by atoms with Gasteiger partial charge in [-0.05, 0) is 25.6 Å². The number of nitrogens with one attached hydrogen (secondary N) is 1. The summed E-state index contributed by atoms with van der Waals surface area (Å²) in [6.45, 7) is 1.58. The lowest BCUT2D eigenvalue weighted by Gasteiger charge is -2.17. The normalized spacial score (nSPS) is 20.6. The van der Waals surface area contributed by atoms with Crippen LogP contribution in [0, 0.1) is 5.92 Å². The molecule has 1 aromatic carbocycles. The third kappa shape index (κ3) is 3.81. The third-order valence-electron chi connectivity index (χ3n) is 3.66. The van der Waals surface area contributed by atoms with E-state index >= 15 is 0 Å². The van der Waals surface area contributed by atoms with E-state index in [9.17, 15) is 14.7 Å². The minimum atomic E-state index is -0.992. The molecule has 1 unspecified atom stereocenters. The van der Waals surface area contributed by atoms with Gasteiger partial charge >= 0.3 is 5.97 Å². The van der Waals surface area contributed by atoms with Crippen LogP contribution in [0.2, 0.25) is 0 Å². The van der Waals surface area contributed by atoms with Crippen LogP contribution in [0.1, 0.15) is 12.0 Å². The molecule has 1 heterocycles. The molecular weight excluding hydrogens is 256 g/mol. The summed E-state index contributed by atoms with van der Waals surface area (Å²) in [6.07, 6.45) is 1.10. The van der Waals surface area contributed by atoms with Crippen LogP contribution in [0.5, 0.6) is 0 Å². The van der Waals surface area contributed by atoms with E-state index in [0.29, 0.717) is 13.0 Å². The van der Waals surface area contributed by atoms with Crippen molar-refractivity contribution in [3.05, 3.63) is 35.9 Å². The van der Waals surface area contributed by atoms with E-state index in [1.807, 2.05) is 37.4 Å². The number of nitrogens with zero attached hydrogens (tertiary/aromatic N) is 1. The predicted molar refractivity (Wildman–Crippen MR) is 75.3 cm³/mol. The fourth-order valence-electron chi connectivity index (χ4n) is 2.49. The average molecular weight is 276 g/mol. The van der Waals surface area contributed by atoms with Gasteiger partial charge in [-0.2, -0.15) is 0 Å². The molecule has 0 saturated carbocycles. The van der Waals surface area contributed by atoms with Gasteiger partial charge in [0.05, 0.1) is 5.92 Å². The van der Waals surface area contributed by atoms with Gasteiger partial charge in [-0.15, -0.1) is 0 Å². The fourth-order valence-corrected chi connectivity index (χ4v) is 2.49. The molecule has 5 heteroatoms. The Morgan fingerprint density at radius 2 is 2.10 bits per heavy atom. The Morgan fingerprint density at radius 3 is 2.65 bits per heavy atom. The molecule has 1 aliphatic heterocycles. The molecular formula is C15H20N2O3. The van der Waals surface area contributed by atoms with Gasteiger partial charge in [0.25, 0.3) is 0 Å². The Bertz CT molecular complexity index is 475. The van der Waals surface area contributed by atoms with Crippen LogP contribution in [0.25, 0.3) is 0 Å². The van der Waals surface area contributed by atoms with Crippen molar-refractivity contribution in [2.24, 2.45) is 5.92 Å². The van der Waals surface area contributed by atoms with Crippen molar-refractivity contribution < 1.29 is 14.7 Å². The molecule has 0 radical (unpaired) electrons. The van der Waals surface area contributed by atoms with Crippen molar-refractivity contribution in [1.82, 2.24) is 10.2 Å². The zero-order valence-electron chi connectivity index (χ0n) is 11.6. The van der Waals surface area contributed by atoms with E-state index in [0.717, 1.165) is 18.5 Å². The number of carbonyl (C=O) groups excluding carboxylic acids is 1. The van der Waals surface area contributed by atoms with Crippen LogP contribution in [0.3, 0.4) is 0 Å². The van der Waals surface area contributed by atoms with Crippen molar-refractivity contribution in [2.45, 2.75) is 18.9 Å². The smallest absolute Gasteiger partial charge is 0.326 e. The molecule has 5 nitrogen and oxygen atoms in total. The lowest BCUT2D eigenvalue weighted by Crippen LogP contribution is -2.45. The summed E-state index contributed by atoms with van der Waals surface area (Å²) < 4.78 is 0. The van der Waals surface area contributed by atoms with Crippen molar-refractivity contribution in [1.29, 1.82) is 0 Å². The first-order valence-electron chi connectivity index (χ1n) is 6.82. The quantitative estimate of drug-likeness (QED) is 0.832. The third-order valence-corrected chi connectivity index (χ3v) is 3.66. The number of hydrogen-bond donors (Lipinski definition) is 2. The van der Waals surface area contributed by atoms with Gasteiger partial charge in [-0.25, -0.2) is 4.79 Å². The van der Waals surface area contributed by atoms with Gasteiger partial charge in [-0.3, -0.25) is 4.79 Å². The number of amides is 1. The minimum absolute atomic E-state index is 0.0994. The first-order valence-corrected chi connectivity index (χ1v) is 6.82. The number of benzene rings is 1. The second-order valence-corrected chi connectivity index (χ2v) is 5.34. The largest absolute Gasteiger partial charge is 0.480 e. The van der Waals surface area contributed by atoms with Gasteiger partial charge in [-0.1, -0.05) is 30.3 Å². The van der Waals surface area contributed by atoms with Gasteiger partial charge in [0.1, 0.15) is 6.04 Å². The highest BCUT2D eigenvalue weighted by molar-refractivity contribution is 5.85. The Labute approximate surface area is 118 Å². The predicted octanol–water partition coefficient (Wildman–Crippen LogP) is 0.750. The van der Waals surface area contributed by atoms with Crippen LogP contribution in [0.15, 0.2) is 30.3 Å². The van der Waals surface area contributed by atoms with E-state index in [-0.39, 0.29) is 11.8 Å². The summed E-state index contributed by atoms with van der Waals surface area (Å²) in [5.74, 6) is -1.25. The Hall–Kier alpha value is -1.88. The van der Waals surface area contributed by atoms with Crippen LogP contribution in [-0.2, 0) is 16.0 Å². The van der Waals surface area contributed by atoms with Crippen LogP contribution in [0.4, 0.5) is 0 Å². The van der Waals surface area contributed by atoms with E-state index in [2.05, 4.69) is 10.2 Å². The molecule has 1 saturated heterocycles. The minimum Gasteiger partial charge on any atom is -0.480 e. The lowest BCUT2D eigenvalue weighted by molar-refractivity contribution is -0.142. The molecule has 0 aromatic heterocycles. The first-order chi connectivity index (χ1) is 9.56. The highest BCUT2D eigenvalue weighted by Gasteiger charge is 2.29. The highest BCUT2D eigenvalue weighted by Crippen LogP contribution is 2.15. The van der Waals surface area contributed by atoms with Crippen molar-refractivity contribution in [3.8, 4) is 0 Å². The highest BCUT2D eigenvalue weighted by atomic mass is 16.4. The number of likely N-dealkylation sites (tertiary alicyclic amines) is 1. The molecule has 1 fully saturated rings. The second-order valence-electron chi connectivity index (χ2n) is 5.34. The monoisotopic (exact) mass is 276 g/mol. The molecule has 20 heavy (non-hydrogen) atoms. The molecule has 0 bridgehead atoms. The topological polar surface area (TPSA) is 69.6 Å². The molecule has 1 amide bonds. The summed E-state index contributed by atoms with van der Waals surface area (Å²) in [5.41, 5.74) is 0.906. The second kappa shape index (κ2) is 6.52. The van der Waals surface area contributed by atoms with Crippen LogP contribution >= 0.6 is 0 Å². The Balaban J connectivity index is 1.96. The van der Waals surface area contributed by atoms with E-state index in [1.54, 1.807) is 0 Å². The van der Waals surface area contributed by atoms with E-state index in [4.69, 9.17) is 0 Å². The number of rotatable bonds is 5.